The van der Waals surface area contributed by atoms with Crippen LogP contribution in [0.5, 0.6) is 0 Å². The van der Waals surface area contributed by atoms with E-state index >= 15 is 0 Å². The van der Waals surface area contributed by atoms with Crippen LogP contribution in [-0.4, -0.2) is 42.9 Å². The molecule has 2 atom stereocenters. The van der Waals surface area contributed by atoms with E-state index in [2.05, 4.69) is 43.0 Å². The minimum absolute atomic E-state index is 0.0358. The number of nitrogens with zero attached hydrogens (tertiary/aromatic N) is 1. The molecule has 2 fully saturated rings. The lowest BCUT2D eigenvalue weighted by Gasteiger charge is -2.43. The Morgan fingerprint density at radius 1 is 1.19 bits per heavy atom. The lowest BCUT2D eigenvalue weighted by atomic mass is 9.98. The molecule has 26 heavy (non-hydrogen) atoms. The molecule has 4 rings (SSSR count). The summed E-state index contributed by atoms with van der Waals surface area (Å²) in [5.41, 5.74) is 2.99. The zero-order valence-electron chi connectivity index (χ0n) is 15.7. The van der Waals surface area contributed by atoms with Gasteiger partial charge in [0.1, 0.15) is 6.10 Å². The molecule has 2 aromatic rings. The number of ether oxygens (including phenoxy) is 1. The minimum atomic E-state index is -0.329. The number of fused-ring (bicyclic) bond motifs is 2. The normalized spacial score (nSPS) is 26.5. The molecule has 0 saturated carbocycles. The number of hydrogen-bond donors (Lipinski definition) is 1. The van der Waals surface area contributed by atoms with E-state index in [1.165, 1.54) is 12.8 Å². The summed E-state index contributed by atoms with van der Waals surface area (Å²) in [5, 5.41) is 5.05. The zero-order valence-corrected chi connectivity index (χ0v) is 16.5. The fourth-order valence-electron chi connectivity index (χ4n) is 4.63. The number of nitrogens with one attached hydrogen (secondary N) is 1. The highest BCUT2D eigenvalue weighted by Crippen LogP contribution is 2.40. The van der Waals surface area contributed by atoms with Crippen LogP contribution >= 0.6 is 11.3 Å². The van der Waals surface area contributed by atoms with Crippen LogP contribution in [-0.2, 0) is 4.74 Å². The highest BCUT2D eigenvalue weighted by atomic mass is 32.1. The van der Waals surface area contributed by atoms with Crippen LogP contribution in [0.15, 0.2) is 35.7 Å². The Morgan fingerprint density at radius 2 is 1.92 bits per heavy atom. The second-order valence-corrected chi connectivity index (χ2v) is 9.11. The van der Waals surface area contributed by atoms with E-state index in [9.17, 15) is 4.79 Å². The Labute approximate surface area is 159 Å². The van der Waals surface area contributed by atoms with E-state index in [0.717, 1.165) is 39.0 Å². The van der Waals surface area contributed by atoms with Gasteiger partial charge in [-0.25, -0.2) is 4.79 Å². The van der Waals surface area contributed by atoms with E-state index in [4.69, 9.17) is 4.74 Å². The van der Waals surface area contributed by atoms with Crippen molar-refractivity contribution < 1.29 is 14.0 Å². The molecule has 138 valence electrons. The van der Waals surface area contributed by atoms with Crippen LogP contribution in [0, 0.1) is 6.92 Å². The number of anilines is 1. The standard InChI is InChI=1S/C21H26N2O2S/c1-14-6-9-18(20-5-4-10-26-20)19(11-14)22-21(24)25-17-12-15-7-8-16(13-17)23(15,2)3/h4-6,9-11,15-17H,7-8,12-13H2,1-3H3/p+1. The van der Waals surface area contributed by atoms with E-state index in [-0.39, 0.29) is 12.2 Å². The molecule has 2 aliphatic rings. The van der Waals surface area contributed by atoms with Crippen molar-refractivity contribution in [2.24, 2.45) is 0 Å². The third-order valence-corrected chi connectivity index (χ3v) is 7.16. The molecule has 2 aliphatic heterocycles. The first-order valence-electron chi connectivity index (χ1n) is 9.39. The van der Waals surface area contributed by atoms with E-state index < -0.39 is 0 Å². The van der Waals surface area contributed by atoms with Crippen LogP contribution in [0.1, 0.15) is 31.2 Å². The van der Waals surface area contributed by atoms with Crippen molar-refractivity contribution in [2.75, 3.05) is 19.4 Å². The molecule has 2 bridgehead atoms. The van der Waals surface area contributed by atoms with Crippen LogP contribution < -0.4 is 5.32 Å². The van der Waals surface area contributed by atoms with Crippen molar-refractivity contribution in [1.29, 1.82) is 0 Å². The summed E-state index contributed by atoms with van der Waals surface area (Å²) >= 11 is 1.67. The maximum absolute atomic E-state index is 12.6. The van der Waals surface area contributed by atoms with Crippen molar-refractivity contribution in [3.8, 4) is 10.4 Å². The van der Waals surface area contributed by atoms with Gasteiger partial charge in [0.25, 0.3) is 0 Å². The number of rotatable bonds is 3. The molecule has 1 aromatic heterocycles. The zero-order chi connectivity index (χ0) is 18.3. The van der Waals surface area contributed by atoms with Gasteiger partial charge >= 0.3 is 6.09 Å². The maximum Gasteiger partial charge on any atom is 0.411 e. The molecule has 4 nitrogen and oxygen atoms in total. The van der Waals surface area contributed by atoms with Crippen molar-refractivity contribution in [3.05, 3.63) is 41.3 Å². The van der Waals surface area contributed by atoms with Crippen LogP contribution in [0.4, 0.5) is 10.5 Å². The first-order chi connectivity index (χ1) is 12.4. The molecule has 1 N–H and O–H groups in total. The summed E-state index contributed by atoms with van der Waals surface area (Å²) in [6, 6.07) is 11.5. The molecule has 1 amide bonds. The molecule has 2 unspecified atom stereocenters. The predicted octanol–water partition coefficient (Wildman–Crippen LogP) is 5.04. The lowest BCUT2D eigenvalue weighted by molar-refractivity contribution is -0.931. The Bertz CT molecular complexity index is 784. The van der Waals surface area contributed by atoms with E-state index in [1.54, 1.807) is 11.3 Å². The molecule has 0 spiro atoms. The summed E-state index contributed by atoms with van der Waals surface area (Å²) in [4.78, 5) is 13.7. The molecular formula is C21H27N2O2S+. The molecule has 0 aliphatic carbocycles. The summed E-state index contributed by atoms with van der Waals surface area (Å²) in [5.74, 6) is 0. The number of piperidine rings is 1. The van der Waals surface area contributed by atoms with Crippen LogP contribution in [0.25, 0.3) is 10.4 Å². The quantitative estimate of drug-likeness (QED) is 0.768. The van der Waals surface area contributed by atoms with Gasteiger partial charge in [-0.05, 0) is 30.0 Å². The number of carbonyl (C=O) groups excluding carboxylic acids is 1. The largest absolute Gasteiger partial charge is 0.445 e. The van der Waals surface area contributed by atoms with Gasteiger partial charge in [-0.3, -0.25) is 5.32 Å². The molecule has 3 heterocycles. The molecule has 0 radical (unpaired) electrons. The highest BCUT2D eigenvalue weighted by Gasteiger charge is 2.49. The van der Waals surface area contributed by atoms with Crippen LogP contribution in [0.2, 0.25) is 0 Å². The fourth-order valence-corrected chi connectivity index (χ4v) is 5.39. The maximum atomic E-state index is 12.6. The summed E-state index contributed by atoms with van der Waals surface area (Å²) < 4.78 is 6.91. The van der Waals surface area contributed by atoms with Crippen molar-refractivity contribution >= 4 is 23.1 Å². The summed E-state index contributed by atoms with van der Waals surface area (Å²) in [7, 11) is 4.64. The molecule has 1 aromatic carbocycles. The lowest BCUT2D eigenvalue weighted by Crippen LogP contribution is -2.56. The Kier molecular flexibility index (Phi) is 4.53. The van der Waals surface area contributed by atoms with E-state index in [1.807, 2.05) is 19.1 Å². The summed E-state index contributed by atoms with van der Waals surface area (Å²) in [6.07, 6.45) is 4.16. The number of amides is 1. The SMILES string of the molecule is Cc1ccc(-c2cccs2)c(NC(=O)OC2CC3CCC(C2)[N+]3(C)C)c1. The van der Waals surface area contributed by atoms with Crippen LogP contribution in [0.3, 0.4) is 0 Å². The van der Waals surface area contributed by atoms with Gasteiger partial charge in [0.15, 0.2) is 0 Å². The third-order valence-electron chi connectivity index (χ3n) is 6.26. The van der Waals surface area contributed by atoms with Gasteiger partial charge in [-0.1, -0.05) is 18.2 Å². The number of quaternary nitrogens is 1. The van der Waals surface area contributed by atoms with Gasteiger partial charge < -0.3 is 9.22 Å². The second-order valence-electron chi connectivity index (χ2n) is 8.16. The average Bonchev–Trinajstić information content (AvgIpc) is 3.11. The number of benzene rings is 1. The smallest absolute Gasteiger partial charge is 0.411 e. The first kappa shape index (κ1) is 17.6. The van der Waals surface area contributed by atoms with E-state index in [0.29, 0.717) is 12.1 Å². The third kappa shape index (κ3) is 3.26. The van der Waals surface area contributed by atoms with Gasteiger partial charge in [0.2, 0.25) is 0 Å². The fraction of sp³-hybridized carbons (Fsp3) is 0.476. The summed E-state index contributed by atoms with van der Waals surface area (Å²) in [6.45, 7) is 2.04. The first-order valence-corrected chi connectivity index (χ1v) is 10.3. The molecule has 2 saturated heterocycles. The molecule has 5 heteroatoms. The average molecular weight is 372 g/mol. The Hall–Kier alpha value is -1.85. The number of hydrogen-bond acceptors (Lipinski definition) is 3. The van der Waals surface area contributed by atoms with Gasteiger partial charge in [0, 0.05) is 36.1 Å². The van der Waals surface area contributed by atoms with Crippen molar-refractivity contribution in [1.82, 2.24) is 0 Å². The van der Waals surface area contributed by atoms with Crippen molar-refractivity contribution in [3.63, 3.8) is 0 Å². The minimum Gasteiger partial charge on any atom is -0.445 e. The highest BCUT2D eigenvalue weighted by molar-refractivity contribution is 7.13. The number of thiophene rings is 1. The van der Waals surface area contributed by atoms with Crippen molar-refractivity contribution in [2.45, 2.75) is 50.8 Å². The molecular weight excluding hydrogens is 344 g/mol. The second kappa shape index (κ2) is 6.71. The number of aryl methyl sites for hydroxylation is 1. The monoisotopic (exact) mass is 371 g/mol. The van der Waals surface area contributed by atoms with Gasteiger partial charge in [-0.2, -0.15) is 0 Å². The predicted molar refractivity (Wildman–Crippen MR) is 107 cm³/mol. The Balaban J connectivity index is 1.46. The Morgan fingerprint density at radius 3 is 2.58 bits per heavy atom. The topological polar surface area (TPSA) is 38.3 Å². The number of carbonyl (C=O) groups is 1. The van der Waals surface area contributed by atoms with Gasteiger partial charge in [0.05, 0.1) is 31.9 Å². The van der Waals surface area contributed by atoms with Gasteiger partial charge in [-0.15, -0.1) is 11.3 Å².